The third-order valence-electron chi connectivity index (χ3n) is 2.41. The van der Waals surface area contributed by atoms with Crippen LogP contribution in [0.4, 0.5) is 0 Å². The molecule has 0 atom stereocenters. The van der Waals surface area contributed by atoms with Gasteiger partial charge in [-0.1, -0.05) is 32.9 Å². The van der Waals surface area contributed by atoms with Crippen LogP contribution < -0.4 is 0 Å². The molecular weight excluding hydrogens is 126 g/mol. The highest BCUT2D eigenvalue weighted by molar-refractivity contribution is 4.72. The smallest absolute Gasteiger partial charge is 0.0816 e. The van der Waals surface area contributed by atoms with Crippen molar-refractivity contribution in [2.45, 2.75) is 34.1 Å². The minimum absolute atomic E-state index is 0.258. The summed E-state index contributed by atoms with van der Waals surface area (Å²) in [5, 5.41) is 2.85. The van der Waals surface area contributed by atoms with Gasteiger partial charge in [0.15, 0.2) is 0 Å². The molecule has 0 aromatic heterocycles. The summed E-state index contributed by atoms with van der Waals surface area (Å²) in [5.41, 5.74) is 0.258. The number of hydrogen-bond acceptors (Lipinski definition) is 2. The Morgan fingerprint density at radius 1 is 1.40 bits per heavy atom. The first kappa shape index (κ1) is 9.60. The summed E-state index contributed by atoms with van der Waals surface area (Å²) in [7, 11) is 0. The van der Waals surface area contributed by atoms with Gasteiger partial charge in [-0.2, -0.15) is 4.91 Å². The normalized spacial score (nSPS) is 12.1. The molecule has 60 valence electrons. The summed E-state index contributed by atoms with van der Waals surface area (Å²) >= 11 is 0. The molecule has 0 aromatic rings. The van der Waals surface area contributed by atoms with Gasteiger partial charge in [0, 0.05) is 0 Å². The molecule has 0 aromatic carbocycles. The monoisotopic (exact) mass is 143 g/mol. The zero-order chi connectivity index (χ0) is 8.20. The van der Waals surface area contributed by atoms with Crippen LogP contribution >= 0.6 is 0 Å². The van der Waals surface area contributed by atoms with Crippen LogP contribution in [-0.2, 0) is 0 Å². The molecule has 0 saturated heterocycles. The molecular formula is C8H17NO. The fourth-order valence-corrected chi connectivity index (χ4v) is 0.622. The lowest BCUT2D eigenvalue weighted by atomic mass is 9.78. The first-order chi connectivity index (χ1) is 4.50. The van der Waals surface area contributed by atoms with E-state index in [-0.39, 0.29) is 5.41 Å². The van der Waals surface area contributed by atoms with Gasteiger partial charge in [0.2, 0.25) is 0 Å². The van der Waals surface area contributed by atoms with Crippen LogP contribution in [0.2, 0.25) is 0 Å². The SMILES string of the molecule is CC(C)C(C)(C)CCN=O. The predicted molar refractivity (Wildman–Crippen MR) is 43.9 cm³/mol. The summed E-state index contributed by atoms with van der Waals surface area (Å²) in [6.45, 7) is 9.13. The van der Waals surface area contributed by atoms with Crippen molar-refractivity contribution in [3.63, 3.8) is 0 Å². The molecule has 0 unspecified atom stereocenters. The van der Waals surface area contributed by atoms with Gasteiger partial charge < -0.3 is 0 Å². The van der Waals surface area contributed by atoms with Gasteiger partial charge in [-0.05, 0) is 17.8 Å². The number of hydrogen-bond donors (Lipinski definition) is 0. The van der Waals surface area contributed by atoms with E-state index in [1.54, 1.807) is 0 Å². The van der Waals surface area contributed by atoms with Crippen LogP contribution in [0.1, 0.15) is 34.1 Å². The van der Waals surface area contributed by atoms with Crippen LogP contribution in [-0.4, -0.2) is 6.54 Å². The lowest BCUT2D eigenvalue weighted by Gasteiger charge is -2.27. The predicted octanol–water partition coefficient (Wildman–Crippen LogP) is 2.83. The van der Waals surface area contributed by atoms with E-state index < -0.39 is 0 Å². The Morgan fingerprint density at radius 2 is 1.90 bits per heavy atom. The lowest BCUT2D eigenvalue weighted by Crippen LogP contribution is -2.19. The van der Waals surface area contributed by atoms with Gasteiger partial charge in [-0.25, -0.2) is 0 Å². The molecule has 0 aliphatic rings. The molecule has 0 rings (SSSR count). The Bertz CT molecular complexity index is 108. The Hall–Kier alpha value is -0.400. The van der Waals surface area contributed by atoms with Crippen LogP contribution in [0.25, 0.3) is 0 Å². The Morgan fingerprint density at radius 3 is 2.20 bits per heavy atom. The quantitative estimate of drug-likeness (QED) is 0.556. The average Bonchev–Trinajstić information content (AvgIpc) is 1.84. The largest absolute Gasteiger partial charge is 0.151 e. The first-order valence-electron chi connectivity index (χ1n) is 3.80. The van der Waals surface area contributed by atoms with E-state index in [1.165, 1.54) is 0 Å². The highest BCUT2D eigenvalue weighted by atomic mass is 16.3. The molecule has 10 heavy (non-hydrogen) atoms. The standard InChI is InChI=1S/C8H17NO/c1-7(2)8(3,4)5-6-9-10/h7H,5-6H2,1-4H3. The topological polar surface area (TPSA) is 29.4 Å². The number of rotatable bonds is 4. The first-order valence-corrected chi connectivity index (χ1v) is 3.80. The molecule has 0 radical (unpaired) electrons. The molecule has 0 N–H and O–H groups in total. The number of nitrogens with zero attached hydrogens (tertiary/aromatic N) is 1. The second-order valence-electron chi connectivity index (χ2n) is 3.75. The van der Waals surface area contributed by atoms with Crippen molar-refractivity contribution in [1.82, 2.24) is 0 Å². The van der Waals surface area contributed by atoms with Gasteiger partial charge in [0.1, 0.15) is 0 Å². The van der Waals surface area contributed by atoms with E-state index in [2.05, 4.69) is 32.9 Å². The summed E-state index contributed by atoms with van der Waals surface area (Å²) in [6.07, 6.45) is 0.897. The molecule has 0 fully saturated rings. The highest BCUT2D eigenvalue weighted by Crippen LogP contribution is 2.29. The molecule has 0 bridgehead atoms. The van der Waals surface area contributed by atoms with Gasteiger partial charge in [-0.3, -0.25) is 0 Å². The molecule has 0 aliphatic heterocycles. The Balaban J connectivity index is 3.74. The second-order valence-corrected chi connectivity index (χ2v) is 3.75. The van der Waals surface area contributed by atoms with Crippen molar-refractivity contribution in [2.24, 2.45) is 16.5 Å². The Labute approximate surface area is 63.0 Å². The van der Waals surface area contributed by atoms with Gasteiger partial charge in [-0.15, -0.1) is 0 Å². The minimum Gasteiger partial charge on any atom is -0.151 e. The van der Waals surface area contributed by atoms with Crippen LogP contribution in [0.5, 0.6) is 0 Å². The maximum Gasteiger partial charge on any atom is 0.0816 e. The summed E-state index contributed by atoms with van der Waals surface area (Å²) < 4.78 is 0. The van der Waals surface area contributed by atoms with E-state index in [0.29, 0.717) is 12.5 Å². The molecule has 0 spiro atoms. The van der Waals surface area contributed by atoms with Crippen molar-refractivity contribution in [3.8, 4) is 0 Å². The van der Waals surface area contributed by atoms with E-state index in [1.807, 2.05) is 0 Å². The fraction of sp³-hybridized carbons (Fsp3) is 1.00. The maximum absolute atomic E-state index is 9.82. The maximum atomic E-state index is 9.82. The van der Waals surface area contributed by atoms with Gasteiger partial charge >= 0.3 is 0 Å². The zero-order valence-electron chi connectivity index (χ0n) is 7.35. The minimum atomic E-state index is 0.258. The van der Waals surface area contributed by atoms with Crippen molar-refractivity contribution in [3.05, 3.63) is 4.91 Å². The molecule has 0 heterocycles. The molecule has 0 amide bonds. The third kappa shape index (κ3) is 2.95. The molecule has 2 heteroatoms. The average molecular weight is 143 g/mol. The van der Waals surface area contributed by atoms with Crippen LogP contribution in [0, 0.1) is 16.2 Å². The van der Waals surface area contributed by atoms with Crippen LogP contribution in [0.3, 0.4) is 0 Å². The Kier molecular flexibility index (Phi) is 3.54. The summed E-state index contributed by atoms with van der Waals surface area (Å²) in [5.74, 6) is 0.620. The van der Waals surface area contributed by atoms with Crippen LogP contribution in [0.15, 0.2) is 5.18 Å². The summed E-state index contributed by atoms with van der Waals surface area (Å²) in [4.78, 5) is 9.82. The third-order valence-corrected chi connectivity index (χ3v) is 2.41. The molecule has 2 nitrogen and oxygen atoms in total. The van der Waals surface area contributed by atoms with Gasteiger partial charge in [0.05, 0.1) is 6.54 Å². The van der Waals surface area contributed by atoms with Crippen molar-refractivity contribution in [1.29, 1.82) is 0 Å². The zero-order valence-corrected chi connectivity index (χ0v) is 7.35. The number of nitroso groups, excluding NO2 is 1. The van der Waals surface area contributed by atoms with Gasteiger partial charge in [0.25, 0.3) is 0 Å². The van der Waals surface area contributed by atoms with E-state index in [4.69, 9.17) is 0 Å². The van der Waals surface area contributed by atoms with Crippen molar-refractivity contribution in [2.75, 3.05) is 6.54 Å². The van der Waals surface area contributed by atoms with E-state index in [9.17, 15) is 4.91 Å². The molecule has 0 aliphatic carbocycles. The second kappa shape index (κ2) is 3.69. The van der Waals surface area contributed by atoms with E-state index >= 15 is 0 Å². The van der Waals surface area contributed by atoms with Crippen molar-refractivity contribution < 1.29 is 0 Å². The summed E-state index contributed by atoms with van der Waals surface area (Å²) in [6, 6.07) is 0. The molecule has 0 saturated carbocycles. The van der Waals surface area contributed by atoms with E-state index in [0.717, 1.165) is 6.42 Å². The van der Waals surface area contributed by atoms with Crippen molar-refractivity contribution >= 4 is 0 Å². The fourth-order valence-electron chi connectivity index (χ4n) is 0.622. The lowest BCUT2D eigenvalue weighted by molar-refractivity contribution is 0.234. The highest BCUT2D eigenvalue weighted by Gasteiger charge is 2.21.